The van der Waals surface area contributed by atoms with Crippen molar-refractivity contribution in [3.05, 3.63) is 23.8 Å². The lowest BCUT2D eigenvalue weighted by Gasteiger charge is -2.26. The van der Waals surface area contributed by atoms with E-state index in [-0.39, 0.29) is 11.8 Å². The van der Waals surface area contributed by atoms with Crippen LogP contribution in [0.15, 0.2) is 18.2 Å². The number of nitrogens with zero attached hydrogens (tertiary/aromatic N) is 1. The minimum atomic E-state index is -0.788. The maximum absolute atomic E-state index is 12.9. The number of carbonyl (C=O) groups is 1. The topological polar surface area (TPSA) is 85.0 Å². The Balaban J connectivity index is 2.20. The quantitative estimate of drug-likeness (QED) is 0.740. The van der Waals surface area contributed by atoms with Crippen molar-refractivity contribution < 1.29 is 19.4 Å². The van der Waals surface area contributed by atoms with E-state index in [2.05, 4.69) is 0 Å². The molecule has 1 aromatic carbocycles. The maximum Gasteiger partial charge on any atom is 0.257 e. The Hall–Kier alpha value is -1.79. The Morgan fingerprint density at radius 3 is 2.79 bits per heavy atom. The molecule has 0 aromatic heterocycles. The molecule has 24 heavy (non-hydrogen) atoms. The number of likely N-dealkylation sites (tertiary alicyclic amines) is 1. The van der Waals surface area contributed by atoms with Crippen molar-refractivity contribution >= 4 is 5.91 Å². The standard InChI is InChI=1S/C18H28N2O4/c1-18(2,22)13-8-10-20(12-13)17(21)14-6-4-7-15(23-3)16(14)24-11-5-9-19/h4,6-7,13,22H,5,8-12,19H2,1-3H3/t13-/m1/s1. The van der Waals surface area contributed by atoms with Crippen LogP contribution in [-0.4, -0.2) is 54.9 Å². The lowest BCUT2D eigenvalue weighted by atomic mass is 9.90. The van der Waals surface area contributed by atoms with Crippen LogP contribution in [-0.2, 0) is 0 Å². The zero-order valence-electron chi connectivity index (χ0n) is 14.7. The number of ether oxygens (including phenoxy) is 2. The van der Waals surface area contributed by atoms with Crippen LogP contribution in [0.4, 0.5) is 0 Å². The van der Waals surface area contributed by atoms with Crippen LogP contribution >= 0.6 is 0 Å². The van der Waals surface area contributed by atoms with Crippen LogP contribution in [0.1, 0.15) is 37.0 Å². The van der Waals surface area contributed by atoms with Gasteiger partial charge in [-0.3, -0.25) is 4.79 Å². The summed E-state index contributed by atoms with van der Waals surface area (Å²) in [5.74, 6) is 0.985. The number of hydrogen-bond donors (Lipinski definition) is 2. The molecule has 0 bridgehead atoms. The van der Waals surface area contributed by atoms with Gasteiger partial charge in [0.1, 0.15) is 0 Å². The highest BCUT2D eigenvalue weighted by Crippen LogP contribution is 2.34. The van der Waals surface area contributed by atoms with E-state index in [1.165, 1.54) is 0 Å². The highest BCUT2D eigenvalue weighted by atomic mass is 16.5. The molecule has 1 fully saturated rings. The van der Waals surface area contributed by atoms with E-state index in [0.29, 0.717) is 49.7 Å². The van der Waals surface area contributed by atoms with Gasteiger partial charge in [0, 0.05) is 19.0 Å². The summed E-state index contributed by atoms with van der Waals surface area (Å²) in [6.07, 6.45) is 1.50. The van der Waals surface area contributed by atoms with Crippen molar-refractivity contribution in [2.75, 3.05) is 33.4 Å². The fourth-order valence-corrected chi connectivity index (χ4v) is 2.94. The molecule has 0 unspecified atom stereocenters. The van der Waals surface area contributed by atoms with Crippen LogP contribution in [0.25, 0.3) is 0 Å². The number of carbonyl (C=O) groups excluding carboxylic acids is 1. The first-order chi connectivity index (χ1) is 11.4. The van der Waals surface area contributed by atoms with Gasteiger partial charge in [0.25, 0.3) is 5.91 Å². The molecule has 1 aromatic rings. The van der Waals surface area contributed by atoms with Gasteiger partial charge in [-0.2, -0.15) is 0 Å². The van der Waals surface area contributed by atoms with Crippen molar-refractivity contribution in [2.24, 2.45) is 11.7 Å². The van der Waals surface area contributed by atoms with E-state index in [4.69, 9.17) is 15.2 Å². The molecule has 134 valence electrons. The zero-order valence-corrected chi connectivity index (χ0v) is 14.7. The van der Waals surface area contributed by atoms with Gasteiger partial charge >= 0.3 is 0 Å². The molecule has 1 heterocycles. The molecule has 0 spiro atoms. The van der Waals surface area contributed by atoms with E-state index in [0.717, 1.165) is 6.42 Å². The molecule has 2 rings (SSSR count). The fraction of sp³-hybridized carbons (Fsp3) is 0.611. The van der Waals surface area contributed by atoms with Crippen LogP contribution < -0.4 is 15.2 Å². The summed E-state index contributed by atoms with van der Waals surface area (Å²) in [5, 5.41) is 10.2. The SMILES string of the molecule is COc1cccc(C(=O)N2CC[C@@H](C(C)(C)O)C2)c1OCCCN. The molecule has 6 nitrogen and oxygen atoms in total. The van der Waals surface area contributed by atoms with Crippen molar-refractivity contribution in [3.8, 4) is 11.5 Å². The largest absolute Gasteiger partial charge is 0.493 e. The minimum Gasteiger partial charge on any atom is -0.493 e. The van der Waals surface area contributed by atoms with E-state index >= 15 is 0 Å². The average molecular weight is 336 g/mol. The highest BCUT2D eigenvalue weighted by molar-refractivity contribution is 5.98. The third-order valence-corrected chi connectivity index (χ3v) is 4.50. The van der Waals surface area contributed by atoms with Crippen molar-refractivity contribution in [1.29, 1.82) is 0 Å². The molecule has 1 amide bonds. The van der Waals surface area contributed by atoms with E-state index < -0.39 is 5.60 Å². The smallest absolute Gasteiger partial charge is 0.257 e. The Morgan fingerprint density at radius 1 is 1.46 bits per heavy atom. The second-order valence-electron chi connectivity index (χ2n) is 6.72. The number of rotatable bonds is 7. The molecular formula is C18H28N2O4. The summed E-state index contributed by atoms with van der Waals surface area (Å²) in [7, 11) is 1.56. The summed E-state index contributed by atoms with van der Waals surface area (Å²) in [6.45, 7) is 5.72. The van der Waals surface area contributed by atoms with Gasteiger partial charge in [-0.05, 0) is 45.4 Å². The molecule has 1 saturated heterocycles. The van der Waals surface area contributed by atoms with Gasteiger partial charge in [0.2, 0.25) is 0 Å². The predicted molar refractivity (Wildman–Crippen MR) is 92.5 cm³/mol. The highest BCUT2D eigenvalue weighted by Gasteiger charge is 2.36. The van der Waals surface area contributed by atoms with Gasteiger partial charge in [-0.15, -0.1) is 0 Å². The normalized spacial score (nSPS) is 17.9. The first-order valence-electron chi connectivity index (χ1n) is 8.40. The second kappa shape index (κ2) is 7.85. The lowest BCUT2D eigenvalue weighted by Crippen LogP contribution is -2.35. The van der Waals surface area contributed by atoms with Crippen LogP contribution in [0.2, 0.25) is 0 Å². The number of benzene rings is 1. The Bertz CT molecular complexity index is 569. The zero-order chi connectivity index (χ0) is 17.7. The van der Waals surface area contributed by atoms with Gasteiger partial charge < -0.3 is 25.2 Å². The van der Waals surface area contributed by atoms with Crippen LogP contribution in [0.3, 0.4) is 0 Å². The molecule has 1 aliphatic heterocycles. The summed E-state index contributed by atoms with van der Waals surface area (Å²) < 4.78 is 11.1. The van der Waals surface area contributed by atoms with Crippen molar-refractivity contribution in [3.63, 3.8) is 0 Å². The summed E-state index contributed by atoms with van der Waals surface area (Å²) in [5.41, 5.74) is 5.21. The molecule has 0 radical (unpaired) electrons. The third-order valence-electron chi connectivity index (χ3n) is 4.50. The van der Waals surface area contributed by atoms with E-state index in [1.54, 1.807) is 44.1 Å². The van der Waals surface area contributed by atoms with Gasteiger partial charge in [-0.25, -0.2) is 0 Å². The Kier molecular flexibility index (Phi) is 6.07. The molecule has 1 atom stereocenters. The van der Waals surface area contributed by atoms with Crippen LogP contribution in [0, 0.1) is 5.92 Å². The number of methoxy groups -OCH3 is 1. The lowest BCUT2D eigenvalue weighted by molar-refractivity contribution is 0.0211. The molecule has 1 aliphatic rings. The number of hydrogen-bond acceptors (Lipinski definition) is 5. The molecular weight excluding hydrogens is 308 g/mol. The number of aliphatic hydroxyl groups is 1. The van der Waals surface area contributed by atoms with Gasteiger partial charge in [0.05, 0.1) is 24.9 Å². The summed E-state index contributed by atoms with van der Waals surface area (Å²) in [6, 6.07) is 5.31. The van der Waals surface area contributed by atoms with E-state index in [1.807, 2.05) is 0 Å². The number of nitrogens with two attached hydrogens (primary N) is 1. The molecule has 6 heteroatoms. The Labute approximate surface area is 143 Å². The first kappa shape index (κ1) is 18.5. The monoisotopic (exact) mass is 336 g/mol. The number of para-hydroxylation sites is 1. The maximum atomic E-state index is 12.9. The van der Waals surface area contributed by atoms with Crippen molar-refractivity contribution in [1.82, 2.24) is 4.90 Å². The molecule has 0 saturated carbocycles. The van der Waals surface area contributed by atoms with Crippen molar-refractivity contribution in [2.45, 2.75) is 32.3 Å². The average Bonchev–Trinajstić information content (AvgIpc) is 3.04. The molecule has 3 N–H and O–H groups in total. The molecule has 0 aliphatic carbocycles. The summed E-state index contributed by atoms with van der Waals surface area (Å²) >= 11 is 0. The number of amides is 1. The summed E-state index contributed by atoms with van der Waals surface area (Å²) in [4.78, 5) is 14.7. The first-order valence-corrected chi connectivity index (χ1v) is 8.40. The van der Waals surface area contributed by atoms with E-state index in [9.17, 15) is 9.90 Å². The third kappa shape index (κ3) is 4.19. The van der Waals surface area contributed by atoms with Gasteiger partial charge in [-0.1, -0.05) is 6.07 Å². The van der Waals surface area contributed by atoms with Crippen LogP contribution in [0.5, 0.6) is 11.5 Å². The Morgan fingerprint density at radius 2 is 2.21 bits per heavy atom. The fourth-order valence-electron chi connectivity index (χ4n) is 2.94. The second-order valence-corrected chi connectivity index (χ2v) is 6.72. The minimum absolute atomic E-state index is 0.0775. The predicted octanol–water partition coefficient (Wildman–Crippen LogP) is 1.66. The van der Waals surface area contributed by atoms with Gasteiger partial charge in [0.15, 0.2) is 11.5 Å².